The highest BCUT2D eigenvalue weighted by Gasteiger charge is 2.40. The van der Waals surface area contributed by atoms with Crippen molar-refractivity contribution in [3.63, 3.8) is 0 Å². The molecule has 1 saturated heterocycles. The minimum absolute atomic E-state index is 0.0950. The number of amides is 1. The van der Waals surface area contributed by atoms with E-state index < -0.39 is 11.0 Å². The van der Waals surface area contributed by atoms with E-state index in [1.54, 1.807) is 0 Å². The second-order valence-corrected chi connectivity index (χ2v) is 4.89. The molecule has 0 aliphatic carbocycles. The maximum atomic E-state index is 12.1. The lowest BCUT2D eigenvalue weighted by atomic mass is 9.86. The molecule has 5 nitrogen and oxygen atoms in total. The van der Waals surface area contributed by atoms with Crippen molar-refractivity contribution >= 4 is 5.91 Å². The van der Waals surface area contributed by atoms with E-state index in [0.29, 0.717) is 13.0 Å². The molecule has 94 valence electrons. The summed E-state index contributed by atoms with van der Waals surface area (Å²) in [6.07, 6.45) is 1.30. The Morgan fingerprint density at radius 3 is 2.50 bits per heavy atom. The van der Waals surface area contributed by atoms with E-state index >= 15 is 0 Å². The fourth-order valence-electron chi connectivity index (χ4n) is 1.84. The van der Waals surface area contributed by atoms with Crippen LogP contribution in [-0.2, 0) is 4.79 Å². The summed E-state index contributed by atoms with van der Waals surface area (Å²) < 4.78 is 0. The molecule has 1 heterocycles. The molecule has 1 atom stereocenters. The van der Waals surface area contributed by atoms with Crippen molar-refractivity contribution in [1.82, 2.24) is 10.6 Å². The average molecular weight is 230 g/mol. The van der Waals surface area contributed by atoms with Crippen LogP contribution in [0.2, 0.25) is 0 Å². The number of carbonyl (C=O) groups is 1. The van der Waals surface area contributed by atoms with Crippen LogP contribution < -0.4 is 10.6 Å². The van der Waals surface area contributed by atoms with E-state index in [1.165, 1.54) is 0 Å². The van der Waals surface area contributed by atoms with Gasteiger partial charge in [0.2, 0.25) is 5.91 Å². The molecule has 0 aromatic carbocycles. The summed E-state index contributed by atoms with van der Waals surface area (Å²) in [5.74, 6) is -0.0950. The molecule has 16 heavy (non-hydrogen) atoms. The first-order chi connectivity index (χ1) is 7.52. The normalized spacial score (nSPS) is 25.8. The summed E-state index contributed by atoms with van der Waals surface area (Å²) in [7, 11) is 0. The molecule has 1 amide bonds. The summed E-state index contributed by atoms with van der Waals surface area (Å²) >= 11 is 0. The predicted octanol–water partition coefficient (Wildman–Crippen LogP) is -0.764. The van der Waals surface area contributed by atoms with E-state index in [9.17, 15) is 15.0 Å². The Balaban J connectivity index is 2.68. The molecule has 1 aliphatic rings. The van der Waals surface area contributed by atoms with Gasteiger partial charge in [0, 0.05) is 6.54 Å². The summed E-state index contributed by atoms with van der Waals surface area (Å²) in [5.41, 5.74) is -1.31. The first-order valence-corrected chi connectivity index (χ1v) is 5.77. The first-order valence-electron chi connectivity index (χ1n) is 5.77. The fourth-order valence-corrected chi connectivity index (χ4v) is 1.84. The number of hydrogen-bond acceptors (Lipinski definition) is 4. The Labute approximate surface area is 96.2 Å². The highest BCUT2D eigenvalue weighted by atomic mass is 16.3. The molecule has 1 aliphatic heterocycles. The van der Waals surface area contributed by atoms with E-state index in [4.69, 9.17) is 0 Å². The van der Waals surface area contributed by atoms with Gasteiger partial charge in [0.15, 0.2) is 0 Å². The molecule has 4 N–H and O–H groups in total. The van der Waals surface area contributed by atoms with Gasteiger partial charge in [0.1, 0.15) is 0 Å². The van der Waals surface area contributed by atoms with Crippen molar-refractivity contribution in [2.75, 3.05) is 26.3 Å². The van der Waals surface area contributed by atoms with Gasteiger partial charge in [-0.3, -0.25) is 4.79 Å². The van der Waals surface area contributed by atoms with Crippen LogP contribution in [0.4, 0.5) is 0 Å². The fraction of sp³-hybridized carbons (Fsp3) is 0.909. The van der Waals surface area contributed by atoms with Crippen molar-refractivity contribution in [2.45, 2.75) is 32.2 Å². The van der Waals surface area contributed by atoms with Crippen molar-refractivity contribution in [3.8, 4) is 0 Å². The summed E-state index contributed by atoms with van der Waals surface area (Å²) in [4.78, 5) is 12.1. The largest absolute Gasteiger partial charge is 0.394 e. The van der Waals surface area contributed by atoms with Crippen molar-refractivity contribution < 1.29 is 15.0 Å². The summed E-state index contributed by atoms with van der Waals surface area (Å²) in [5, 5.41) is 24.5. The van der Waals surface area contributed by atoms with Crippen LogP contribution >= 0.6 is 0 Å². The third-order valence-corrected chi connectivity index (χ3v) is 3.58. The first kappa shape index (κ1) is 13.4. The van der Waals surface area contributed by atoms with Gasteiger partial charge in [-0.1, -0.05) is 6.92 Å². The number of carbonyl (C=O) groups excluding carboxylic acids is 1. The van der Waals surface area contributed by atoms with Gasteiger partial charge in [-0.2, -0.15) is 0 Å². The highest BCUT2D eigenvalue weighted by Crippen LogP contribution is 2.25. The maximum absolute atomic E-state index is 12.1. The van der Waals surface area contributed by atoms with E-state index in [2.05, 4.69) is 10.6 Å². The molecule has 1 rings (SSSR count). The number of rotatable bonds is 5. The number of aliphatic hydroxyl groups is 2. The molecule has 0 spiro atoms. The second-order valence-electron chi connectivity index (χ2n) is 4.89. The average Bonchev–Trinajstić information content (AvgIpc) is 2.74. The number of nitrogens with one attached hydrogen (secondary N) is 2. The monoisotopic (exact) mass is 230 g/mol. The molecule has 1 unspecified atom stereocenters. The predicted molar refractivity (Wildman–Crippen MR) is 60.9 cm³/mol. The van der Waals surface area contributed by atoms with Gasteiger partial charge in [-0.25, -0.2) is 0 Å². The molecule has 1 fully saturated rings. The van der Waals surface area contributed by atoms with Gasteiger partial charge < -0.3 is 20.8 Å². The molecule has 0 radical (unpaired) electrons. The smallest absolute Gasteiger partial charge is 0.227 e. The van der Waals surface area contributed by atoms with Gasteiger partial charge in [-0.05, 0) is 26.3 Å². The van der Waals surface area contributed by atoms with Gasteiger partial charge in [0.25, 0.3) is 0 Å². The Morgan fingerprint density at radius 1 is 1.50 bits per heavy atom. The minimum atomic E-state index is -0.886. The van der Waals surface area contributed by atoms with Gasteiger partial charge in [0.05, 0.1) is 24.2 Å². The Kier molecular flexibility index (Phi) is 4.29. The second kappa shape index (κ2) is 5.12. The highest BCUT2D eigenvalue weighted by molar-refractivity contribution is 5.83. The lowest BCUT2D eigenvalue weighted by Crippen LogP contribution is -2.57. The van der Waals surface area contributed by atoms with Crippen LogP contribution in [0, 0.1) is 5.41 Å². The van der Waals surface area contributed by atoms with Crippen molar-refractivity contribution in [2.24, 2.45) is 5.41 Å². The van der Waals surface area contributed by atoms with Gasteiger partial charge >= 0.3 is 0 Å². The zero-order valence-electron chi connectivity index (χ0n) is 10.0. The lowest BCUT2D eigenvalue weighted by Gasteiger charge is -2.33. The zero-order valence-corrected chi connectivity index (χ0v) is 10.0. The quantitative estimate of drug-likeness (QED) is 0.500. The van der Waals surface area contributed by atoms with Crippen LogP contribution in [0.3, 0.4) is 0 Å². The Morgan fingerprint density at radius 2 is 2.12 bits per heavy atom. The maximum Gasteiger partial charge on any atom is 0.227 e. The van der Waals surface area contributed by atoms with Crippen LogP contribution in [0.1, 0.15) is 26.7 Å². The molecule has 0 aromatic heterocycles. The molecular formula is C11H22N2O3. The van der Waals surface area contributed by atoms with Crippen molar-refractivity contribution in [3.05, 3.63) is 0 Å². The molecule has 0 bridgehead atoms. The standard InChI is InChI=1S/C11H22N2O3/c1-3-11(7-14,8-15)13-9(16)10(2)4-5-12-6-10/h12,14-15H,3-8H2,1-2H3,(H,13,16). The van der Waals surface area contributed by atoms with E-state index in [0.717, 1.165) is 13.0 Å². The van der Waals surface area contributed by atoms with Crippen LogP contribution in [-0.4, -0.2) is 48.0 Å². The molecule has 5 heteroatoms. The van der Waals surface area contributed by atoms with Crippen molar-refractivity contribution in [1.29, 1.82) is 0 Å². The zero-order chi connectivity index (χ0) is 12.2. The minimum Gasteiger partial charge on any atom is -0.394 e. The topological polar surface area (TPSA) is 81.6 Å². The third-order valence-electron chi connectivity index (χ3n) is 3.58. The van der Waals surface area contributed by atoms with E-state index in [1.807, 2.05) is 13.8 Å². The Bertz CT molecular complexity index is 237. The summed E-state index contributed by atoms with van der Waals surface area (Å²) in [6.45, 7) is 4.74. The van der Waals surface area contributed by atoms with Gasteiger partial charge in [-0.15, -0.1) is 0 Å². The number of hydrogen-bond donors (Lipinski definition) is 4. The molecule has 0 saturated carbocycles. The number of aliphatic hydroxyl groups excluding tert-OH is 2. The molecular weight excluding hydrogens is 208 g/mol. The van der Waals surface area contributed by atoms with Crippen LogP contribution in [0.15, 0.2) is 0 Å². The SMILES string of the molecule is CCC(CO)(CO)NC(=O)C1(C)CCNC1. The molecule has 0 aromatic rings. The summed E-state index contributed by atoms with van der Waals surface area (Å²) in [6, 6.07) is 0. The Hall–Kier alpha value is -0.650. The van der Waals surface area contributed by atoms with Crippen LogP contribution in [0.25, 0.3) is 0 Å². The third kappa shape index (κ3) is 2.53. The van der Waals surface area contributed by atoms with E-state index in [-0.39, 0.29) is 19.1 Å². The van der Waals surface area contributed by atoms with Crippen LogP contribution in [0.5, 0.6) is 0 Å². The lowest BCUT2D eigenvalue weighted by molar-refractivity contribution is -0.132.